The van der Waals surface area contributed by atoms with Crippen LogP contribution in [0.4, 0.5) is 5.82 Å². The molecule has 0 spiro atoms. The quantitative estimate of drug-likeness (QED) is 0.471. The average Bonchev–Trinajstić information content (AvgIpc) is 3.19. The smallest absolute Gasteiger partial charge is 0.322 e. The summed E-state index contributed by atoms with van der Waals surface area (Å²) in [5.74, 6) is 0.298. The Morgan fingerprint density at radius 3 is 2.62 bits per heavy atom. The molecule has 0 radical (unpaired) electrons. The van der Waals surface area contributed by atoms with Crippen LogP contribution in [0.25, 0.3) is 28.2 Å². The summed E-state index contributed by atoms with van der Waals surface area (Å²) >= 11 is 12.6. The van der Waals surface area contributed by atoms with Gasteiger partial charge in [-0.1, -0.05) is 35.3 Å². The normalized spacial score (nSPS) is 16.4. The van der Waals surface area contributed by atoms with Gasteiger partial charge in [-0.25, -0.2) is 15.0 Å². The number of imidazole rings is 1. The lowest BCUT2D eigenvalue weighted by molar-refractivity contribution is -0.139. The Morgan fingerprint density at radius 2 is 1.88 bits per heavy atom. The third-order valence-electron chi connectivity index (χ3n) is 5.40. The number of aromatic nitrogens is 4. The zero-order valence-corrected chi connectivity index (χ0v) is 18.3. The van der Waals surface area contributed by atoms with E-state index in [0.29, 0.717) is 45.9 Å². The Hall–Kier alpha value is -3.20. The molecular formula is C22H18Cl2N6O2. The summed E-state index contributed by atoms with van der Waals surface area (Å²) in [6, 6.07) is 14.1. The molecule has 0 aliphatic carbocycles. The maximum atomic E-state index is 11.5. The van der Waals surface area contributed by atoms with Gasteiger partial charge in [0.2, 0.25) is 0 Å². The monoisotopic (exact) mass is 468 g/mol. The zero-order valence-electron chi connectivity index (χ0n) is 16.7. The summed E-state index contributed by atoms with van der Waals surface area (Å²) in [4.78, 5) is 27.3. The van der Waals surface area contributed by atoms with Gasteiger partial charge in [0.15, 0.2) is 17.0 Å². The van der Waals surface area contributed by atoms with Crippen LogP contribution in [-0.2, 0) is 4.79 Å². The highest BCUT2D eigenvalue weighted by Gasteiger charge is 2.28. The van der Waals surface area contributed by atoms with E-state index in [1.807, 2.05) is 45.9 Å². The Bertz CT molecular complexity index is 1310. The summed E-state index contributed by atoms with van der Waals surface area (Å²) in [6.45, 7) is 1.40. The molecule has 1 aliphatic heterocycles. The largest absolute Gasteiger partial charge is 0.480 e. The van der Waals surface area contributed by atoms with Crippen molar-refractivity contribution in [3.05, 3.63) is 64.9 Å². The van der Waals surface area contributed by atoms with E-state index in [-0.39, 0.29) is 6.54 Å². The molecule has 0 saturated carbocycles. The lowest BCUT2D eigenvalue weighted by Gasteiger charge is -2.32. The van der Waals surface area contributed by atoms with E-state index in [1.54, 1.807) is 12.1 Å². The van der Waals surface area contributed by atoms with Crippen molar-refractivity contribution in [3.8, 4) is 17.1 Å². The number of carbonyl (C=O) groups is 1. The van der Waals surface area contributed by atoms with Gasteiger partial charge in [-0.3, -0.25) is 9.36 Å². The van der Waals surface area contributed by atoms with Crippen molar-refractivity contribution < 1.29 is 9.90 Å². The van der Waals surface area contributed by atoms with Gasteiger partial charge < -0.3 is 15.3 Å². The van der Waals surface area contributed by atoms with E-state index in [2.05, 4.69) is 15.3 Å². The fourth-order valence-corrected chi connectivity index (χ4v) is 4.22. The highest BCUT2D eigenvalue weighted by Crippen LogP contribution is 2.34. The fraction of sp³-hybridized carbons (Fsp3) is 0.182. The minimum atomic E-state index is -0.900. The topological polar surface area (TPSA) is 96.2 Å². The highest BCUT2D eigenvalue weighted by molar-refractivity contribution is 6.33. The Kier molecular flexibility index (Phi) is 5.42. The Balaban J connectivity index is 1.73. The Labute approximate surface area is 193 Å². The van der Waals surface area contributed by atoms with Crippen LogP contribution < -0.4 is 10.2 Å². The van der Waals surface area contributed by atoms with E-state index >= 15 is 0 Å². The molecule has 2 aromatic heterocycles. The second-order valence-electron chi connectivity index (χ2n) is 7.39. The van der Waals surface area contributed by atoms with E-state index < -0.39 is 12.0 Å². The molecule has 1 atom stereocenters. The van der Waals surface area contributed by atoms with Gasteiger partial charge in [-0.2, -0.15) is 0 Å². The average molecular weight is 469 g/mol. The summed E-state index contributed by atoms with van der Waals surface area (Å²) in [7, 11) is 0. The first-order valence-corrected chi connectivity index (χ1v) is 10.7. The number of halogens is 2. The van der Waals surface area contributed by atoms with Gasteiger partial charge in [0.05, 0.1) is 5.02 Å². The van der Waals surface area contributed by atoms with Crippen molar-refractivity contribution in [1.82, 2.24) is 24.8 Å². The molecule has 1 fully saturated rings. The second kappa shape index (κ2) is 8.38. The van der Waals surface area contributed by atoms with E-state index in [4.69, 9.17) is 28.2 Å². The summed E-state index contributed by atoms with van der Waals surface area (Å²) < 4.78 is 1.91. The van der Waals surface area contributed by atoms with Crippen LogP contribution in [0, 0.1) is 0 Å². The maximum Gasteiger partial charge on any atom is 0.322 e. The van der Waals surface area contributed by atoms with Crippen molar-refractivity contribution in [2.75, 3.05) is 24.5 Å². The number of hydrogen-bond acceptors (Lipinski definition) is 6. The molecule has 1 aliphatic rings. The molecule has 0 bridgehead atoms. The predicted octanol–water partition coefficient (Wildman–Crippen LogP) is 3.65. The molecule has 1 unspecified atom stereocenters. The maximum absolute atomic E-state index is 11.5. The number of piperazine rings is 1. The van der Waals surface area contributed by atoms with Crippen LogP contribution in [0.3, 0.4) is 0 Å². The van der Waals surface area contributed by atoms with Gasteiger partial charge in [0.25, 0.3) is 0 Å². The number of carboxylic acid groups (broad SMARTS) is 1. The number of anilines is 1. The molecule has 8 nitrogen and oxygen atoms in total. The lowest BCUT2D eigenvalue weighted by Crippen LogP contribution is -2.54. The van der Waals surface area contributed by atoms with Crippen LogP contribution in [0.1, 0.15) is 0 Å². The SMILES string of the molecule is O=C(O)C1CN(c2ncnc3c2nc(-c2ccccc2Cl)n3-c2ccc(Cl)cc2)CCN1. The molecule has 5 rings (SSSR count). The minimum Gasteiger partial charge on any atom is -0.480 e. The van der Waals surface area contributed by atoms with Crippen molar-refractivity contribution in [2.45, 2.75) is 6.04 Å². The van der Waals surface area contributed by atoms with Crippen LogP contribution in [0.5, 0.6) is 0 Å². The molecule has 1 saturated heterocycles. The van der Waals surface area contributed by atoms with Crippen LogP contribution in [0.15, 0.2) is 54.9 Å². The number of carboxylic acids is 1. The number of hydrogen-bond donors (Lipinski definition) is 2. The molecule has 2 aromatic carbocycles. The molecule has 3 heterocycles. The molecule has 162 valence electrons. The number of nitrogens with one attached hydrogen (secondary N) is 1. The summed E-state index contributed by atoms with van der Waals surface area (Å²) in [5, 5.41) is 13.6. The molecular weight excluding hydrogens is 451 g/mol. The van der Waals surface area contributed by atoms with Crippen molar-refractivity contribution >= 4 is 46.2 Å². The highest BCUT2D eigenvalue weighted by atomic mass is 35.5. The van der Waals surface area contributed by atoms with Gasteiger partial charge >= 0.3 is 5.97 Å². The van der Waals surface area contributed by atoms with Crippen molar-refractivity contribution in [3.63, 3.8) is 0 Å². The Morgan fingerprint density at radius 1 is 1.09 bits per heavy atom. The van der Waals surface area contributed by atoms with Crippen molar-refractivity contribution in [1.29, 1.82) is 0 Å². The lowest BCUT2D eigenvalue weighted by atomic mass is 10.2. The molecule has 2 N–H and O–H groups in total. The summed E-state index contributed by atoms with van der Waals surface area (Å²) in [6.07, 6.45) is 1.47. The van der Waals surface area contributed by atoms with Crippen LogP contribution in [-0.4, -0.2) is 56.3 Å². The fourth-order valence-electron chi connectivity index (χ4n) is 3.88. The first kappa shape index (κ1) is 20.7. The minimum absolute atomic E-state index is 0.274. The molecule has 0 amide bonds. The summed E-state index contributed by atoms with van der Waals surface area (Å²) in [5.41, 5.74) is 2.73. The van der Waals surface area contributed by atoms with Gasteiger partial charge in [-0.05, 0) is 36.4 Å². The molecule has 4 aromatic rings. The van der Waals surface area contributed by atoms with Gasteiger partial charge in [0.1, 0.15) is 18.2 Å². The number of aliphatic carboxylic acids is 1. The van der Waals surface area contributed by atoms with Gasteiger partial charge in [0, 0.05) is 35.9 Å². The molecule has 10 heteroatoms. The van der Waals surface area contributed by atoms with E-state index in [1.165, 1.54) is 6.33 Å². The third-order valence-corrected chi connectivity index (χ3v) is 5.98. The first-order chi connectivity index (χ1) is 15.5. The number of fused-ring (bicyclic) bond motifs is 1. The predicted molar refractivity (Wildman–Crippen MR) is 124 cm³/mol. The zero-order chi connectivity index (χ0) is 22.2. The van der Waals surface area contributed by atoms with Crippen LogP contribution >= 0.6 is 23.2 Å². The van der Waals surface area contributed by atoms with Crippen LogP contribution in [0.2, 0.25) is 10.0 Å². The number of rotatable bonds is 4. The number of benzene rings is 2. The van der Waals surface area contributed by atoms with E-state index in [9.17, 15) is 9.90 Å². The second-order valence-corrected chi connectivity index (χ2v) is 8.23. The standard InChI is InChI=1S/C22H18Cl2N6O2/c23-13-5-7-14(8-6-13)30-19(15-3-1-2-4-16(15)24)28-18-20(26-12-27-21(18)30)29-10-9-25-17(11-29)22(31)32/h1-8,12,17,25H,9-11H2,(H,31,32). The molecule has 32 heavy (non-hydrogen) atoms. The van der Waals surface area contributed by atoms with E-state index in [0.717, 1.165) is 11.3 Å². The number of nitrogens with zero attached hydrogens (tertiary/aromatic N) is 5. The first-order valence-electron chi connectivity index (χ1n) is 9.98. The third kappa shape index (κ3) is 3.66. The van der Waals surface area contributed by atoms with Crippen molar-refractivity contribution in [2.24, 2.45) is 0 Å². The van der Waals surface area contributed by atoms with Gasteiger partial charge in [-0.15, -0.1) is 0 Å².